The molecule has 1 aromatic heterocycles. The summed E-state index contributed by atoms with van der Waals surface area (Å²) < 4.78 is 26.6. The van der Waals surface area contributed by atoms with Gasteiger partial charge < -0.3 is 14.6 Å². The molecule has 0 unspecified atom stereocenters. The van der Waals surface area contributed by atoms with Crippen LogP contribution in [0.3, 0.4) is 0 Å². The Morgan fingerprint density at radius 2 is 2.26 bits per heavy atom. The maximum atomic E-state index is 12.5. The molecule has 1 aliphatic rings. The Balaban J connectivity index is 2.20. The lowest BCUT2D eigenvalue weighted by molar-refractivity contribution is 0.0500. The van der Waals surface area contributed by atoms with Crippen LogP contribution in [0.2, 0.25) is 5.02 Å². The fraction of sp³-hybridized carbons (Fsp3) is 0.583. The lowest BCUT2D eigenvalue weighted by Crippen LogP contribution is -2.38. The van der Waals surface area contributed by atoms with Crippen LogP contribution in [0.1, 0.15) is 29.4 Å². The van der Waals surface area contributed by atoms with Gasteiger partial charge >= 0.3 is 0 Å². The number of carbonyl (C=O) groups excluding carboxylic acids is 1. The second-order valence-electron chi connectivity index (χ2n) is 4.55. The van der Waals surface area contributed by atoms with E-state index in [-0.39, 0.29) is 19.2 Å². The molecule has 0 saturated heterocycles. The van der Waals surface area contributed by atoms with Crippen molar-refractivity contribution in [1.82, 2.24) is 9.47 Å². The topological polar surface area (TPSA) is 45.5 Å². The molecule has 0 atom stereocenters. The Morgan fingerprint density at radius 3 is 2.79 bits per heavy atom. The van der Waals surface area contributed by atoms with E-state index in [9.17, 15) is 13.6 Å². The van der Waals surface area contributed by atoms with Crippen molar-refractivity contribution in [2.45, 2.75) is 25.3 Å². The lowest BCUT2D eigenvalue weighted by atomic mass is 10.3. The quantitative estimate of drug-likeness (QED) is 0.873. The molecule has 1 saturated carbocycles. The molecule has 19 heavy (non-hydrogen) atoms. The van der Waals surface area contributed by atoms with Crippen LogP contribution in [-0.2, 0) is 0 Å². The number of hydrogen-bond acceptors (Lipinski definition) is 2. The van der Waals surface area contributed by atoms with Crippen LogP contribution in [0, 0.1) is 0 Å². The Labute approximate surface area is 114 Å². The first-order chi connectivity index (χ1) is 9.02. The molecule has 1 N–H and O–H groups in total. The summed E-state index contributed by atoms with van der Waals surface area (Å²) >= 11 is 5.88. The van der Waals surface area contributed by atoms with Gasteiger partial charge in [-0.2, -0.15) is 0 Å². The number of carbonyl (C=O) groups is 1. The first kappa shape index (κ1) is 14.3. The van der Waals surface area contributed by atoms with Crippen molar-refractivity contribution in [3.63, 3.8) is 0 Å². The van der Waals surface area contributed by atoms with Gasteiger partial charge in [0.25, 0.3) is 12.3 Å². The number of hydrogen-bond donors (Lipinski definition) is 1. The van der Waals surface area contributed by atoms with Crippen molar-refractivity contribution in [3.8, 4) is 0 Å². The molecule has 1 aromatic rings. The van der Waals surface area contributed by atoms with Crippen LogP contribution in [-0.4, -0.2) is 46.6 Å². The lowest BCUT2D eigenvalue weighted by Gasteiger charge is -2.22. The number of nitrogens with zero attached hydrogens (tertiary/aromatic N) is 2. The van der Waals surface area contributed by atoms with Crippen molar-refractivity contribution < 1.29 is 18.7 Å². The van der Waals surface area contributed by atoms with E-state index in [1.54, 1.807) is 10.8 Å². The smallest absolute Gasteiger partial charge is 0.270 e. The van der Waals surface area contributed by atoms with Crippen molar-refractivity contribution in [2.24, 2.45) is 0 Å². The monoisotopic (exact) mass is 292 g/mol. The predicted molar refractivity (Wildman–Crippen MR) is 66.7 cm³/mol. The highest BCUT2D eigenvalue weighted by molar-refractivity contribution is 6.31. The largest absolute Gasteiger partial charge is 0.395 e. The number of halogens is 3. The molecule has 106 valence electrons. The highest BCUT2D eigenvalue weighted by Gasteiger charge is 2.30. The normalized spacial score (nSPS) is 15.0. The van der Waals surface area contributed by atoms with Crippen molar-refractivity contribution in [1.29, 1.82) is 0 Å². The molecule has 1 heterocycles. The van der Waals surface area contributed by atoms with E-state index in [4.69, 9.17) is 16.7 Å². The third kappa shape index (κ3) is 3.45. The van der Waals surface area contributed by atoms with Gasteiger partial charge in [0.15, 0.2) is 0 Å². The van der Waals surface area contributed by atoms with E-state index in [1.165, 1.54) is 6.07 Å². The standard InChI is InChI=1S/C12H15ClF2N2O2/c13-8-5-10(17(6-8)9-1-2-9)12(19)16(3-4-18)7-11(14)15/h5-6,9,11,18H,1-4,7H2. The van der Waals surface area contributed by atoms with Gasteiger partial charge in [-0.05, 0) is 18.9 Å². The van der Waals surface area contributed by atoms with E-state index in [2.05, 4.69) is 0 Å². The molecule has 0 bridgehead atoms. The van der Waals surface area contributed by atoms with Gasteiger partial charge in [0.1, 0.15) is 5.69 Å². The molecule has 1 aliphatic carbocycles. The zero-order valence-corrected chi connectivity index (χ0v) is 11.0. The summed E-state index contributed by atoms with van der Waals surface area (Å²) in [5.74, 6) is -0.520. The van der Waals surface area contributed by atoms with Crippen LogP contribution in [0.15, 0.2) is 12.3 Å². The Kier molecular flexibility index (Phi) is 4.42. The molecule has 0 aromatic carbocycles. The third-order valence-electron chi connectivity index (χ3n) is 2.99. The number of amides is 1. The number of alkyl halides is 2. The highest BCUT2D eigenvalue weighted by Crippen LogP contribution is 2.37. The Morgan fingerprint density at radius 1 is 1.58 bits per heavy atom. The summed E-state index contributed by atoms with van der Waals surface area (Å²) in [7, 11) is 0. The fourth-order valence-electron chi connectivity index (χ4n) is 2.00. The second kappa shape index (κ2) is 5.88. The molecule has 1 amide bonds. The Hall–Kier alpha value is -1.14. The van der Waals surface area contributed by atoms with Gasteiger partial charge in [-0.1, -0.05) is 11.6 Å². The van der Waals surface area contributed by atoms with E-state index in [0.29, 0.717) is 10.7 Å². The third-order valence-corrected chi connectivity index (χ3v) is 3.20. The number of aliphatic hydroxyl groups is 1. The zero-order chi connectivity index (χ0) is 14.0. The Bertz CT molecular complexity index is 461. The van der Waals surface area contributed by atoms with Crippen molar-refractivity contribution >= 4 is 17.5 Å². The van der Waals surface area contributed by atoms with Crippen molar-refractivity contribution in [2.75, 3.05) is 19.7 Å². The predicted octanol–water partition coefficient (Wildman–Crippen LogP) is 2.18. The zero-order valence-electron chi connectivity index (χ0n) is 10.2. The van der Waals surface area contributed by atoms with Gasteiger partial charge in [-0.25, -0.2) is 8.78 Å². The second-order valence-corrected chi connectivity index (χ2v) is 4.98. The summed E-state index contributed by atoms with van der Waals surface area (Å²) in [6, 6.07) is 1.71. The number of rotatable bonds is 6. The van der Waals surface area contributed by atoms with Gasteiger partial charge in [0.05, 0.1) is 18.2 Å². The minimum Gasteiger partial charge on any atom is -0.395 e. The molecule has 0 radical (unpaired) electrons. The fourth-order valence-corrected chi connectivity index (χ4v) is 2.21. The summed E-state index contributed by atoms with van der Waals surface area (Å²) in [5, 5.41) is 9.28. The maximum absolute atomic E-state index is 12.5. The minimum atomic E-state index is -2.63. The average molecular weight is 293 g/mol. The summed E-state index contributed by atoms with van der Waals surface area (Å²) in [6.07, 6.45) is 0.932. The van der Waals surface area contributed by atoms with Crippen LogP contribution >= 0.6 is 11.6 Å². The van der Waals surface area contributed by atoms with Crippen LogP contribution in [0.4, 0.5) is 8.78 Å². The number of aromatic nitrogens is 1. The molecular formula is C12H15ClF2N2O2. The molecule has 0 aliphatic heterocycles. The van der Waals surface area contributed by atoms with Gasteiger partial charge in [0, 0.05) is 18.8 Å². The molecule has 1 fully saturated rings. The molecular weight excluding hydrogens is 278 g/mol. The summed E-state index contributed by atoms with van der Waals surface area (Å²) in [6.45, 7) is -1.15. The maximum Gasteiger partial charge on any atom is 0.270 e. The van der Waals surface area contributed by atoms with Crippen LogP contribution in [0.5, 0.6) is 0 Å². The molecule has 2 rings (SSSR count). The summed E-state index contributed by atoms with van der Waals surface area (Å²) in [5.41, 5.74) is 0.307. The summed E-state index contributed by atoms with van der Waals surface area (Å²) in [4.78, 5) is 13.2. The average Bonchev–Trinajstić information content (AvgIpc) is 3.10. The van der Waals surface area contributed by atoms with E-state index in [1.807, 2.05) is 0 Å². The SMILES string of the molecule is O=C(c1cc(Cl)cn1C1CC1)N(CCO)CC(F)F. The van der Waals surface area contributed by atoms with Crippen LogP contribution in [0.25, 0.3) is 0 Å². The van der Waals surface area contributed by atoms with E-state index < -0.39 is 18.9 Å². The molecule has 7 heteroatoms. The highest BCUT2D eigenvalue weighted by atomic mass is 35.5. The molecule has 4 nitrogen and oxygen atoms in total. The van der Waals surface area contributed by atoms with Gasteiger partial charge in [-0.15, -0.1) is 0 Å². The van der Waals surface area contributed by atoms with E-state index in [0.717, 1.165) is 17.7 Å². The first-order valence-corrected chi connectivity index (χ1v) is 6.46. The number of aliphatic hydroxyl groups excluding tert-OH is 1. The van der Waals surface area contributed by atoms with Crippen molar-refractivity contribution in [3.05, 3.63) is 23.0 Å². The molecule has 0 spiro atoms. The van der Waals surface area contributed by atoms with Gasteiger partial charge in [0.2, 0.25) is 0 Å². The first-order valence-electron chi connectivity index (χ1n) is 6.08. The van der Waals surface area contributed by atoms with Crippen LogP contribution < -0.4 is 0 Å². The van der Waals surface area contributed by atoms with Gasteiger partial charge in [-0.3, -0.25) is 4.79 Å². The van der Waals surface area contributed by atoms with E-state index >= 15 is 0 Å². The minimum absolute atomic E-state index is 0.114.